The second-order valence-electron chi connectivity index (χ2n) is 5.68. The molecule has 1 aromatic heterocycles. The Bertz CT molecular complexity index is 510. The molecule has 1 aromatic rings. The second-order valence-corrected chi connectivity index (χ2v) is 7.42. The second kappa shape index (κ2) is 6.05. The van der Waals surface area contributed by atoms with Crippen molar-refractivity contribution in [3.05, 3.63) is 11.9 Å². The van der Waals surface area contributed by atoms with Gasteiger partial charge in [0.2, 0.25) is 10.0 Å². The van der Waals surface area contributed by atoms with Gasteiger partial charge in [-0.2, -0.15) is 5.10 Å². The van der Waals surface area contributed by atoms with E-state index in [-0.39, 0.29) is 4.90 Å². The molecule has 5 nitrogen and oxygen atoms in total. The molecular weight excluding hydrogens is 262 g/mol. The SMILES string of the molecule is Cc1[nH]ncc1S(=O)(=O)NCCC1CCCC(C)C1. The third kappa shape index (κ3) is 3.79. The molecule has 0 aliphatic heterocycles. The van der Waals surface area contributed by atoms with Crippen molar-refractivity contribution in [2.24, 2.45) is 11.8 Å². The summed E-state index contributed by atoms with van der Waals surface area (Å²) in [4.78, 5) is 0.254. The zero-order valence-corrected chi connectivity index (χ0v) is 12.5. The lowest BCUT2D eigenvalue weighted by atomic mass is 9.81. The maximum atomic E-state index is 12.0. The van der Waals surface area contributed by atoms with Gasteiger partial charge in [0, 0.05) is 6.54 Å². The molecule has 1 aliphatic rings. The first-order chi connectivity index (χ1) is 8.99. The standard InChI is InChI=1S/C13H23N3O2S/c1-10-4-3-5-12(8-10)6-7-15-19(17,18)13-9-14-16-11(13)2/h9-10,12,15H,3-8H2,1-2H3,(H,14,16). The Morgan fingerprint density at radius 3 is 2.89 bits per heavy atom. The average Bonchev–Trinajstić information content (AvgIpc) is 2.76. The molecular formula is C13H23N3O2S. The van der Waals surface area contributed by atoms with E-state index in [1.165, 1.54) is 31.9 Å². The van der Waals surface area contributed by atoms with Crippen LogP contribution in [-0.2, 0) is 10.0 Å². The van der Waals surface area contributed by atoms with Gasteiger partial charge in [-0.25, -0.2) is 13.1 Å². The Morgan fingerprint density at radius 2 is 2.26 bits per heavy atom. The van der Waals surface area contributed by atoms with Gasteiger partial charge in [-0.15, -0.1) is 0 Å². The molecule has 2 unspecified atom stereocenters. The predicted molar refractivity (Wildman–Crippen MR) is 74.3 cm³/mol. The molecule has 2 rings (SSSR count). The van der Waals surface area contributed by atoms with Gasteiger partial charge in [0.1, 0.15) is 4.90 Å². The van der Waals surface area contributed by atoms with Crippen LogP contribution in [0.3, 0.4) is 0 Å². The quantitative estimate of drug-likeness (QED) is 0.871. The van der Waals surface area contributed by atoms with Crippen LogP contribution in [-0.4, -0.2) is 25.2 Å². The first kappa shape index (κ1) is 14.5. The molecule has 1 aliphatic carbocycles. The molecule has 0 aromatic carbocycles. The topological polar surface area (TPSA) is 74.8 Å². The minimum absolute atomic E-state index is 0.254. The summed E-state index contributed by atoms with van der Waals surface area (Å²) < 4.78 is 26.8. The van der Waals surface area contributed by atoms with Crippen LogP contribution in [0.15, 0.2) is 11.1 Å². The van der Waals surface area contributed by atoms with Crippen LogP contribution < -0.4 is 4.72 Å². The number of hydrogen-bond acceptors (Lipinski definition) is 3. The summed E-state index contributed by atoms with van der Waals surface area (Å²) in [6.07, 6.45) is 7.35. The van der Waals surface area contributed by atoms with Gasteiger partial charge in [-0.05, 0) is 31.6 Å². The molecule has 19 heavy (non-hydrogen) atoms. The summed E-state index contributed by atoms with van der Waals surface area (Å²) in [7, 11) is -3.41. The van der Waals surface area contributed by atoms with Gasteiger partial charge >= 0.3 is 0 Å². The lowest BCUT2D eigenvalue weighted by molar-refractivity contribution is 0.271. The Morgan fingerprint density at radius 1 is 1.47 bits per heavy atom. The molecule has 108 valence electrons. The number of nitrogens with zero attached hydrogens (tertiary/aromatic N) is 1. The number of H-pyrrole nitrogens is 1. The van der Waals surface area contributed by atoms with Crippen LogP contribution in [0, 0.1) is 18.8 Å². The highest BCUT2D eigenvalue weighted by Gasteiger charge is 2.21. The van der Waals surface area contributed by atoms with E-state index in [1.807, 2.05) is 0 Å². The highest BCUT2D eigenvalue weighted by atomic mass is 32.2. The van der Waals surface area contributed by atoms with Crippen molar-refractivity contribution < 1.29 is 8.42 Å². The fourth-order valence-corrected chi connectivity index (χ4v) is 4.09. The Labute approximate surface area is 115 Å². The van der Waals surface area contributed by atoms with Crippen LogP contribution >= 0.6 is 0 Å². The van der Waals surface area contributed by atoms with E-state index in [0.29, 0.717) is 18.2 Å². The zero-order valence-electron chi connectivity index (χ0n) is 11.6. The van der Waals surface area contributed by atoms with Crippen LogP contribution in [0.25, 0.3) is 0 Å². The Hall–Kier alpha value is -0.880. The van der Waals surface area contributed by atoms with Crippen LogP contribution in [0.4, 0.5) is 0 Å². The van der Waals surface area contributed by atoms with Crippen molar-refractivity contribution in [1.82, 2.24) is 14.9 Å². The Balaban J connectivity index is 1.84. The van der Waals surface area contributed by atoms with Gasteiger partial charge in [0.25, 0.3) is 0 Å². The number of hydrogen-bond donors (Lipinski definition) is 2. The highest BCUT2D eigenvalue weighted by Crippen LogP contribution is 2.30. The predicted octanol–water partition coefficient (Wildman–Crippen LogP) is 2.21. The monoisotopic (exact) mass is 285 g/mol. The van der Waals surface area contributed by atoms with Crippen LogP contribution in [0.5, 0.6) is 0 Å². The smallest absolute Gasteiger partial charge is 0.243 e. The summed E-state index contributed by atoms with van der Waals surface area (Å²) in [6.45, 7) is 4.51. The number of nitrogens with one attached hydrogen (secondary N) is 2. The van der Waals surface area contributed by atoms with E-state index in [1.54, 1.807) is 6.92 Å². The normalized spacial score (nSPS) is 24.5. The molecule has 2 atom stereocenters. The lowest BCUT2D eigenvalue weighted by Gasteiger charge is -2.26. The number of aromatic amines is 1. The highest BCUT2D eigenvalue weighted by molar-refractivity contribution is 7.89. The van der Waals surface area contributed by atoms with Crippen molar-refractivity contribution in [3.63, 3.8) is 0 Å². The minimum atomic E-state index is -3.41. The fraction of sp³-hybridized carbons (Fsp3) is 0.769. The van der Waals surface area contributed by atoms with Crippen LogP contribution in [0.2, 0.25) is 0 Å². The molecule has 6 heteroatoms. The summed E-state index contributed by atoms with van der Waals surface area (Å²) >= 11 is 0. The molecule has 0 spiro atoms. The van der Waals surface area contributed by atoms with Gasteiger partial charge in [0.15, 0.2) is 0 Å². The van der Waals surface area contributed by atoms with Gasteiger partial charge in [-0.3, -0.25) is 5.10 Å². The number of aryl methyl sites for hydroxylation is 1. The van der Waals surface area contributed by atoms with E-state index < -0.39 is 10.0 Å². The van der Waals surface area contributed by atoms with E-state index in [9.17, 15) is 8.42 Å². The maximum Gasteiger partial charge on any atom is 0.243 e. The maximum absolute atomic E-state index is 12.0. The van der Waals surface area contributed by atoms with Crippen molar-refractivity contribution in [2.45, 2.75) is 50.8 Å². The first-order valence-electron chi connectivity index (χ1n) is 6.98. The summed E-state index contributed by atoms with van der Waals surface area (Å²) in [5, 5.41) is 6.40. The van der Waals surface area contributed by atoms with Crippen LogP contribution in [0.1, 0.15) is 44.7 Å². The van der Waals surface area contributed by atoms with Gasteiger partial charge in [-0.1, -0.05) is 26.2 Å². The molecule has 1 saturated carbocycles. The van der Waals surface area contributed by atoms with Crippen molar-refractivity contribution in [2.75, 3.05) is 6.54 Å². The van der Waals surface area contributed by atoms with Crippen molar-refractivity contribution in [1.29, 1.82) is 0 Å². The third-order valence-electron chi connectivity index (χ3n) is 3.96. The zero-order chi connectivity index (χ0) is 13.9. The summed E-state index contributed by atoms with van der Waals surface area (Å²) in [6, 6.07) is 0. The first-order valence-corrected chi connectivity index (χ1v) is 8.47. The largest absolute Gasteiger partial charge is 0.281 e. The van der Waals surface area contributed by atoms with E-state index in [4.69, 9.17) is 0 Å². The lowest BCUT2D eigenvalue weighted by Crippen LogP contribution is -2.27. The van der Waals surface area contributed by atoms with Crippen molar-refractivity contribution in [3.8, 4) is 0 Å². The summed E-state index contributed by atoms with van der Waals surface area (Å²) in [5.74, 6) is 1.45. The number of sulfonamides is 1. The molecule has 0 amide bonds. The molecule has 2 N–H and O–H groups in total. The number of rotatable bonds is 5. The molecule has 1 heterocycles. The number of aromatic nitrogens is 2. The Kier molecular flexibility index (Phi) is 4.62. The summed E-state index contributed by atoms with van der Waals surface area (Å²) in [5.41, 5.74) is 0.582. The van der Waals surface area contributed by atoms with E-state index in [0.717, 1.165) is 12.3 Å². The van der Waals surface area contributed by atoms with E-state index in [2.05, 4.69) is 21.8 Å². The molecule has 0 radical (unpaired) electrons. The molecule has 0 bridgehead atoms. The average molecular weight is 285 g/mol. The van der Waals surface area contributed by atoms with Gasteiger partial charge in [0.05, 0.1) is 11.9 Å². The van der Waals surface area contributed by atoms with Crippen molar-refractivity contribution >= 4 is 10.0 Å². The van der Waals surface area contributed by atoms with E-state index >= 15 is 0 Å². The molecule has 1 fully saturated rings. The minimum Gasteiger partial charge on any atom is -0.281 e. The third-order valence-corrected chi connectivity index (χ3v) is 5.54. The fourth-order valence-electron chi connectivity index (χ4n) is 2.91. The molecule has 0 saturated heterocycles. The van der Waals surface area contributed by atoms with Gasteiger partial charge < -0.3 is 0 Å².